The predicted octanol–water partition coefficient (Wildman–Crippen LogP) is 4.14. The SMILES string of the molecule is CNCc1ccc(Sc2ccc(F)cc2F)c(C)c1. The molecule has 0 aliphatic carbocycles. The van der Waals surface area contributed by atoms with Crippen molar-refractivity contribution in [2.45, 2.75) is 23.3 Å². The summed E-state index contributed by atoms with van der Waals surface area (Å²) in [6, 6.07) is 9.70. The summed E-state index contributed by atoms with van der Waals surface area (Å²) in [5, 5.41) is 3.09. The van der Waals surface area contributed by atoms with Crippen LogP contribution in [0.1, 0.15) is 11.1 Å². The first-order valence-electron chi connectivity index (χ1n) is 5.97. The van der Waals surface area contributed by atoms with Crippen molar-refractivity contribution in [1.29, 1.82) is 0 Å². The molecule has 0 aromatic heterocycles. The van der Waals surface area contributed by atoms with Gasteiger partial charge in [-0.15, -0.1) is 0 Å². The second-order valence-corrected chi connectivity index (χ2v) is 5.39. The highest BCUT2D eigenvalue weighted by atomic mass is 32.2. The molecular formula is C15H15F2NS. The molecule has 2 rings (SSSR count). The standard InChI is InChI=1S/C15H15F2NS/c1-10-7-11(9-18-2)3-5-14(10)19-15-6-4-12(16)8-13(15)17/h3-8,18H,9H2,1-2H3. The molecule has 0 heterocycles. The Morgan fingerprint density at radius 1 is 1.05 bits per heavy atom. The maximum atomic E-state index is 13.6. The smallest absolute Gasteiger partial charge is 0.140 e. The van der Waals surface area contributed by atoms with Gasteiger partial charge in [-0.1, -0.05) is 23.9 Å². The van der Waals surface area contributed by atoms with Crippen molar-refractivity contribution in [3.63, 3.8) is 0 Å². The lowest BCUT2D eigenvalue weighted by Gasteiger charge is -2.09. The summed E-state index contributed by atoms with van der Waals surface area (Å²) in [5.41, 5.74) is 2.27. The predicted molar refractivity (Wildman–Crippen MR) is 74.4 cm³/mol. The molecule has 100 valence electrons. The Hall–Kier alpha value is -1.39. The van der Waals surface area contributed by atoms with Crippen molar-refractivity contribution in [1.82, 2.24) is 5.32 Å². The van der Waals surface area contributed by atoms with Crippen molar-refractivity contribution in [2.24, 2.45) is 0 Å². The highest BCUT2D eigenvalue weighted by molar-refractivity contribution is 7.99. The van der Waals surface area contributed by atoms with Crippen molar-refractivity contribution in [3.8, 4) is 0 Å². The Kier molecular flexibility index (Phi) is 4.56. The lowest BCUT2D eigenvalue weighted by molar-refractivity contribution is 0.565. The van der Waals surface area contributed by atoms with Crippen LogP contribution in [0.15, 0.2) is 46.2 Å². The van der Waals surface area contributed by atoms with E-state index in [9.17, 15) is 8.78 Å². The molecule has 0 unspecified atom stereocenters. The van der Waals surface area contributed by atoms with Crippen LogP contribution in [0.5, 0.6) is 0 Å². The van der Waals surface area contributed by atoms with E-state index in [1.165, 1.54) is 29.5 Å². The molecule has 0 bridgehead atoms. The van der Waals surface area contributed by atoms with E-state index in [1.807, 2.05) is 26.1 Å². The van der Waals surface area contributed by atoms with Gasteiger partial charge < -0.3 is 5.32 Å². The number of hydrogen-bond donors (Lipinski definition) is 1. The van der Waals surface area contributed by atoms with Gasteiger partial charge in [-0.3, -0.25) is 0 Å². The highest BCUT2D eigenvalue weighted by Gasteiger charge is 2.08. The van der Waals surface area contributed by atoms with Crippen LogP contribution in [0, 0.1) is 18.6 Å². The summed E-state index contributed by atoms with van der Waals surface area (Å²) in [6.07, 6.45) is 0. The van der Waals surface area contributed by atoms with Crippen LogP contribution >= 0.6 is 11.8 Å². The Bertz CT molecular complexity index is 584. The summed E-state index contributed by atoms with van der Waals surface area (Å²) in [6.45, 7) is 2.79. The lowest BCUT2D eigenvalue weighted by atomic mass is 10.1. The molecule has 0 amide bonds. The average Bonchev–Trinajstić information content (AvgIpc) is 2.36. The Balaban J connectivity index is 2.23. The van der Waals surface area contributed by atoms with Gasteiger partial charge in [0.25, 0.3) is 0 Å². The molecule has 0 aliphatic heterocycles. The number of benzene rings is 2. The van der Waals surface area contributed by atoms with Crippen molar-refractivity contribution >= 4 is 11.8 Å². The molecule has 1 N–H and O–H groups in total. The fourth-order valence-corrected chi connectivity index (χ4v) is 2.70. The third-order valence-corrected chi connectivity index (χ3v) is 3.96. The minimum atomic E-state index is -0.553. The number of nitrogens with one attached hydrogen (secondary N) is 1. The van der Waals surface area contributed by atoms with Crippen molar-refractivity contribution in [2.75, 3.05) is 7.05 Å². The van der Waals surface area contributed by atoms with Crippen LogP contribution in [-0.4, -0.2) is 7.05 Å². The van der Waals surface area contributed by atoms with E-state index >= 15 is 0 Å². The zero-order valence-electron chi connectivity index (χ0n) is 10.8. The number of hydrogen-bond acceptors (Lipinski definition) is 2. The summed E-state index contributed by atoms with van der Waals surface area (Å²) in [4.78, 5) is 1.41. The molecular weight excluding hydrogens is 264 g/mol. The minimum absolute atomic E-state index is 0.436. The van der Waals surface area contributed by atoms with Crippen molar-refractivity contribution < 1.29 is 8.78 Å². The van der Waals surface area contributed by atoms with E-state index in [-0.39, 0.29) is 0 Å². The normalized spacial score (nSPS) is 10.7. The molecule has 0 saturated heterocycles. The number of rotatable bonds is 4. The average molecular weight is 279 g/mol. The van der Waals surface area contributed by atoms with Gasteiger partial charge in [0, 0.05) is 22.4 Å². The summed E-state index contributed by atoms with van der Waals surface area (Å²) in [5.74, 6) is -1.08. The Morgan fingerprint density at radius 2 is 1.79 bits per heavy atom. The fraction of sp³-hybridized carbons (Fsp3) is 0.200. The van der Waals surface area contributed by atoms with Gasteiger partial charge in [0.2, 0.25) is 0 Å². The summed E-state index contributed by atoms with van der Waals surface area (Å²) < 4.78 is 26.4. The second-order valence-electron chi connectivity index (χ2n) is 4.31. The summed E-state index contributed by atoms with van der Waals surface area (Å²) in [7, 11) is 1.89. The van der Waals surface area contributed by atoms with Gasteiger partial charge in [-0.05, 0) is 43.3 Å². The molecule has 19 heavy (non-hydrogen) atoms. The molecule has 1 nitrogen and oxygen atoms in total. The van der Waals surface area contributed by atoms with Crippen LogP contribution in [0.2, 0.25) is 0 Å². The molecule has 0 aliphatic rings. The third kappa shape index (κ3) is 3.55. The number of halogens is 2. The minimum Gasteiger partial charge on any atom is -0.316 e. The molecule has 2 aromatic rings. The summed E-state index contributed by atoms with van der Waals surface area (Å²) >= 11 is 1.31. The maximum Gasteiger partial charge on any atom is 0.140 e. The fourth-order valence-electron chi connectivity index (χ4n) is 1.82. The third-order valence-electron chi connectivity index (χ3n) is 2.73. The van der Waals surface area contributed by atoms with Crippen LogP contribution in [-0.2, 0) is 6.54 Å². The van der Waals surface area contributed by atoms with Crippen LogP contribution in [0.25, 0.3) is 0 Å². The zero-order chi connectivity index (χ0) is 13.8. The van der Waals surface area contributed by atoms with Gasteiger partial charge in [0.15, 0.2) is 0 Å². The monoisotopic (exact) mass is 279 g/mol. The van der Waals surface area contributed by atoms with Gasteiger partial charge in [0.1, 0.15) is 11.6 Å². The van der Waals surface area contributed by atoms with Gasteiger partial charge in [-0.2, -0.15) is 0 Å². The molecule has 0 fully saturated rings. The van der Waals surface area contributed by atoms with E-state index in [0.717, 1.165) is 23.1 Å². The molecule has 0 spiro atoms. The van der Waals surface area contributed by atoms with Crippen LogP contribution in [0.4, 0.5) is 8.78 Å². The first-order valence-corrected chi connectivity index (χ1v) is 6.79. The van der Waals surface area contributed by atoms with E-state index in [4.69, 9.17) is 0 Å². The zero-order valence-corrected chi connectivity index (χ0v) is 11.7. The highest BCUT2D eigenvalue weighted by Crippen LogP contribution is 2.32. The largest absolute Gasteiger partial charge is 0.316 e. The van der Waals surface area contributed by atoms with Crippen LogP contribution < -0.4 is 5.32 Å². The first kappa shape index (κ1) is 14.0. The Morgan fingerprint density at radius 3 is 2.42 bits per heavy atom. The first-order chi connectivity index (χ1) is 9.10. The molecule has 4 heteroatoms. The maximum absolute atomic E-state index is 13.6. The Labute approximate surface area is 116 Å². The molecule has 2 aromatic carbocycles. The van der Waals surface area contributed by atoms with Gasteiger partial charge in [0.05, 0.1) is 0 Å². The van der Waals surface area contributed by atoms with E-state index < -0.39 is 11.6 Å². The quantitative estimate of drug-likeness (QED) is 0.902. The number of aryl methyl sites for hydroxylation is 1. The molecule has 0 radical (unpaired) electrons. The van der Waals surface area contributed by atoms with Gasteiger partial charge >= 0.3 is 0 Å². The van der Waals surface area contributed by atoms with Crippen LogP contribution in [0.3, 0.4) is 0 Å². The van der Waals surface area contributed by atoms with Gasteiger partial charge in [-0.25, -0.2) is 8.78 Å². The molecule has 0 saturated carbocycles. The van der Waals surface area contributed by atoms with E-state index in [1.54, 1.807) is 0 Å². The topological polar surface area (TPSA) is 12.0 Å². The second kappa shape index (κ2) is 6.17. The van der Waals surface area contributed by atoms with E-state index in [0.29, 0.717) is 4.90 Å². The molecule has 0 atom stereocenters. The van der Waals surface area contributed by atoms with E-state index in [2.05, 4.69) is 11.4 Å². The lowest BCUT2D eigenvalue weighted by Crippen LogP contribution is -2.05. The van der Waals surface area contributed by atoms with Crippen molar-refractivity contribution in [3.05, 3.63) is 59.2 Å².